The molecule has 0 radical (unpaired) electrons. The predicted molar refractivity (Wildman–Crippen MR) is 85.0 cm³/mol. The summed E-state index contributed by atoms with van der Waals surface area (Å²) >= 11 is 0. The first-order chi connectivity index (χ1) is 11.3. The summed E-state index contributed by atoms with van der Waals surface area (Å²) in [5.74, 6) is 0.0880. The lowest BCUT2D eigenvalue weighted by atomic mass is 10.0. The minimum Gasteiger partial charge on any atom is -0.457 e. The summed E-state index contributed by atoms with van der Waals surface area (Å²) < 4.78 is 19.3. The summed E-state index contributed by atoms with van der Waals surface area (Å²) in [7, 11) is 0. The molecule has 0 bridgehead atoms. The Hall–Kier alpha value is -3.03. The van der Waals surface area contributed by atoms with Gasteiger partial charge in [-0.3, -0.25) is 20.2 Å². The van der Waals surface area contributed by atoms with Crippen molar-refractivity contribution >= 4 is 11.4 Å². The van der Waals surface area contributed by atoms with Crippen LogP contribution in [0, 0.1) is 26.1 Å². The highest BCUT2D eigenvalue weighted by atomic mass is 19.1. The van der Waals surface area contributed by atoms with E-state index in [1.807, 2.05) is 0 Å². The van der Waals surface area contributed by atoms with Crippen LogP contribution in [-0.2, 0) is 0 Å². The summed E-state index contributed by atoms with van der Waals surface area (Å²) in [5, 5.41) is 21.7. The molecule has 0 fully saturated rings. The van der Waals surface area contributed by atoms with E-state index >= 15 is 0 Å². The average molecular weight is 334 g/mol. The predicted octanol–water partition coefficient (Wildman–Crippen LogP) is 4.96. The zero-order chi connectivity index (χ0) is 17.9. The second-order valence-corrected chi connectivity index (χ2v) is 5.52. The molecule has 0 N–H and O–H groups in total. The van der Waals surface area contributed by atoms with Gasteiger partial charge >= 0.3 is 0 Å². The first-order valence-corrected chi connectivity index (χ1v) is 7.13. The van der Waals surface area contributed by atoms with Crippen molar-refractivity contribution < 1.29 is 19.0 Å². The van der Waals surface area contributed by atoms with Gasteiger partial charge in [-0.1, -0.05) is 26.0 Å². The van der Waals surface area contributed by atoms with E-state index in [0.717, 1.165) is 18.2 Å². The molecule has 0 aliphatic rings. The molecule has 2 aromatic rings. The van der Waals surface area contributed by atoms with E-state index in [4.69, 9.17) is 4.74 Å². The standard InChI is InChI=1S/C16H15FN2O5/c1-10(2)16(17)11-3-5-14(6-4-11)24-15-8-12(18(20)21)7-13(9-15)19(22)23/h3-10,16H,1-2H3. The minimum atomic E-state index is -1.11. The van der Waals surface area contributed by atoms with Crippen molar-refractivity contribution in [3.8, 4) is 11.5 Å². The molecule has 8 heteroatoms. The maximum Gasteiger partial charge on any atom is 0.280 e. The quantitative estimate of drug-likeness (QED) is 0.549. The lowest BCUT2D eigenvalue weighted by Crippen LogP contribution is -2.00. The number of non-ortho nitro benzene ring substituents is 2. The molecule has 1 unspecified atom stereocenters. The molecule has 0 aliphatic carbocycles. The normalized spacial score (nSPS) is 12.0. The van der Waals surface area contributed by atoms with Gasteiger partial charge in [0.1, 0.15) is 17.7 Å². The molecule has 2 aromatic carbocycles. The molecule has 0 amide bonds. The van der Waals surface area contributed by atoms with Gasteiger partial charge in [-0.15, -0.1) is 0 Å². The van der Waals surface area contributed by atoms with Crippen LogP contribution >= 0.6 is 0 Å². The zero-order valence-electron chi connectivity index (χ0n) is 13.0. The van der Waals surface area contributed by atoms with Crippen LogP contribution in [0.3, 0.4) is 0 Å². The van der Waals surface area contributed by atoms with Gasteiger partial charge in [0.05, 0.1) is 28.0 Å². The van der Waals surface area contributed by atoms with E-state index in [9.17, 15) is 24.6 Å². The highest BCUT2D eigenvalue weighted by Crippen LogP contribution is 2.32. The van der Waals surface area contributed by atoms with Crippen molar-refractivity contribution in [1.29, 1.82) is 0 Å². The molecule has 0 heterocycles. The SMILES string of the molecule is CC(C)C(F)c1ccc(Oc2cc([N+](=O)[O-])cc([N+](=O)[O-])c2)cc1. The summed E-state index contributed by atoms with van der Waals surface area (Å²) in [4.78, 5) is 20.2. The molecule has 0 aromatic heterocycles. The Morgan fingerprint density at radius 2 is 1.42 bits per heavy atom. The molecule has 24 heavy (non-hydrogen) atoms. The van der Waals surface area contributed by atoms with Crippen LogP contribution in [0.4, 0.5) is 15.8 Å². The fourth-order valence-electron chi connectivity index (χ4n) is 2.08. The van der Waals surface area contributed by atoms with Crippen LogP contribution < -0.4 is 4.74 Å². The Kier molecular flexibility index (Phi) is 5.08. The van der Waals surface area contributed by atoms with Gasteiger partial charge in [-0.25, -0.2) is 4.39 Å². The average Bonchev–Trinajstić information content (AvgIpc) is 2.54. The zero-order valence-corrected chi connectivity index (χ0v) is 13.0. The fourth-order valence-corrected chi connectivity index (χ4v) is 2.08. The van der Waals surface area contributed by atoms with Crippen LogP contribution in [0.5, 0.6) is 11.5 Å². The van der Waals surface area contributed by atoms with E-state index in [1.54, 1.807) is 26.0 Å². The van der Waals surface area contributed by atoms with Crippen LogP contribution in [-0.4, -0.2) is 9.85 Å². The maximum absolute atomic E-state index is 13.9. The van der Waals surface area contributed by atoms with Gasteiger partial charge < -0.3 is 4.74 Å². The van der Waals surface area contributed by atoms with E-state index in [2.05, 4.69) is 0 Å². The number of nitrogens with zero attached hydrogens (tertiary/aromatic N) is 2. The molecular formula is C16H15FN2O5. The number of nitro groups is 2. The third-order valence-electron chi connectivity index (χ3n) is 3.32. The number of alkyl halides is 1. The largest absolute Gasteiger partial charge is 0.457 e. The van der Waals surface area contributed by atoms with Gasteiger partial charge in [0.2, 0.25) is 0 Å². The maximum atomic E-state index is 13.9. The lowest BCUT2D eigenvalue weighted by Gasteiger charge is -2.13. The second-order valence-electron chi connectivity index (χ2n) is 5.52. The van der Waals surface area contributed by atoms with Gasteiger partial charge in [-0.05, 0) is 23.6 Å². The Morgan fingerprint density at radius 3 is 1.83 bits per heavy atom. The van der Waals surface area contributed by atoms with E-state index in [-0.39, 0.29) is 11.7 Å². The molecule has 0 saturated carbocycles. The Balaban J connectivity index is 2.27. The van der Waals surface area contributed by atoms with Crippen molar-refractivity contribution in [3.63, 3.8) is 0 Å². The molecule has 2 rings (SSSR count). The van der Waals surface area contributed by atoms with Crippen molar-refractivity contribution in [2.45, 2.75) is 20.0 Å². The molecule has 0 saturated heterocycles. The summed E-state index contributed by atoms with van der Waals surface area (Å²) in [6.45, 7) is 3.52. The highest BCUT2D eigenvalue weighted by molar-refractivity contribution is 5.50. The Bertz CT molecular complexity index is 729. The Morgan fingerprint density at radius 1 is 0.917 bits per heavy atom. The van der Waals surface area contributed by atoms with Crippen LogP contribution in [0.25, 0.3) is 0 Å². The molecule has 1 atom stereocenters. The van der Waals surface area contributed by atoms with Crippen molar-refractivity contribution in [1.82, 2.24) is 0 Å². The molecule has 0 spiro atoms. The fraction of sp³-hybridized carbons (Fsp3) is 0.250. The monoisotopic (exact) mass is 334 g/mol. The van der Waals surface area contributed by atoms with E-state index in [1.165, 1.54) is 12.1 Å². The number of ether oxygens (including phenoxy) is 1. The van der Waals surface area contributed by atoms with Crippen molar-refractivity contribution in [3.05, 3.63) is 68.3 Å². The number of benzene rings is 2. The van der Waals surface area contributed by atoms with Gasteiger partial charge in [0, 0.05) is 0 Å². The molecule has 7 nitrogen and oxygen atoms in total. The van der Waals surface area contributed by atoms with Crippen molar-refractivity contribution in [2.75, 3.05) is 0 Å². The third-order valence-corrected chi connectivity index (χ3v) is 3.32. The van der Waals surface area contributed by atoms with Crippen molar-refractivity contribution in [2.24, 2.45) is 5.92 Å². The first-order valence-electron chi connectivity index (χ1n) is 7.13. The van der Waals surface area contributed by atoms with Gasteiger partial charge in [-0.2, -0.15) is 0 Å². The number of hydrogen-bond donors (Lipinski definition) is 0. The molecule has 126 valence electrons. The van der Waals surface area contributed by atoms with Gasteiger partial charge in [0.25, 0.3) is 11.4 Å². The van der Waals surface area contributed by atoms with Crippen LogP contribution in [0.1, 0.15) is 25.6 Å². The summed E-state index contributed by atoms with van der Waals surface area (Å²) in [5.41, 5.74) is -0.402. The van der Waals surface area contributed by atoms with Gasteiger partial charge in [0.15, 0.2) is 0 Å². The number of nitro benzene ring substituents is 2. The van der Waals surface area contributed by atoms with Crippen LogP contribution in [0.2, 0.25) is 0 Å². The number of rotatable bonds is 6. The second kappa shape index (κ2) is 7.03. The Labute approximate surface area is 137 Å². The summed E-state index contributed by atoms with van der Waals surface area (Å²) in [6.07, 6.45) is -1.11. The third kappa shape index (κ3) is 4.03. The highest BCUT2D eigenvalue weighted by Gasteiger charge is 2.18. The van der Waals surface area contributed by atoms with Crippen LogP contribution in [0.15, 0.2) is 42.5 Å². The smallest absolute Gasteiger partial charge is 0.280 e. The molecule has 0 aliphatic heterocycles. The lowest BCUT2D eigenvalue weighted by molar-refractivity contribution is -0.394. The summed E-state index contributed by atoms with van der Waals surface area (Å²) in [6, 6.07) is 9.15. The number of halogens is 1. The van der Waals surface area contributed by atoms with E-state index < -0.39 is 27.4 Å². The van der Waals surface area contributed by atoms with E-state index in [0.29, 0.717) is 11.3 Å². The minimum absolute atomic E-state index is 0.0377. The molecular weight excluding hydrogens is 319 g/mol. The topological polar surface area (TPSA) is 95.5 Å². The first kappa shape index (κ1) is 17.3. The number of hydrogen-bond acceptors (Lipinski definition) is 5.